The highest BCUT2D eigenvalue weighted by atomic mass is 32.1. The number of nitrogens with zero attached hydrogens (tertiary/aromatic N) is 3. The van der Waals surface area contributed by atoms with Crippen LogP contribution in [0.25, 0.3) is 5.57 Å². The van der Waals surface area contributed by atoms with Crippen LogP contribution in [-0.2, 0) is 37.0 Å². The van der Waals surface area contributed by atoms with E-state index in [1.165, 1.54) is 4.90 Å². The summed E-state index contributed by atoms with van der Waals surface area (Å²) < 4.78 is 5.78. The molecule has 49 heavy (non-hydrogen) atoms. The average molecular weight is 696 g/mol. The lowest BCUT2D eigenvalue weighted by atomic mass is 9.95. The molecular weight excluding hydrogens is 643 g/mol. The first kappa shape index (κ1) is 39.7. The lowest BCUT2D eigenvalue weighted by molar-refractivity contribution is -0.141. The fourth-order valence-corrected chi connectivity index (χ4v) is 5.88. The van der Waals surface area contributed by atoms with E-state index in [-0.39, 0.29) is 62.5 Å². The van der Waals surface area contributed by atoms with Gasteiger partial charge in [-0.3, -0.25) is 24.2 Å². The first-order valence-corrected chi connectivity index (χ1v) is 17.6. The minimum absolute atomic E-state index is 0.00196. The summed E-state index contributed by atoms with van der Waals surface area (Å²) in [6.45, 7) is 6.18. The molecule has 268 valence electrons. The van der Waals surface area contributed by atoms with Crippen LogP contribution in [0.4, 0.5) is 0 Å². The first-order chi connectivity index (χ1) is 23.6. The van der Waals surface area contributed by atoms with Crippen molar-refractivity contribution in [2.24, 2.45) is 11.7 Å². The number of amides is 3. The predicted octanol–water partition coefficient (Wildman–Crippen LogP) is 2.15. The van der Waals surface area contributed by atoms with Gasteiger partial charge in [0.1, 0.15) is 0 Å². The first-order valence-electron chi connectivity index (χ1n) is 17.0. The summed E-state index contributed by atoms with van der Waals surface area (Å²) in [5, 5.41) is 9.02. The topological polar surface area (TPSA) is 159 Å². The van der Waals surface area contributed by atoms with E-state index < -0.39 is 11.7 Å². The van der Waals surface area contributed by atoms with Crippen LogP contribution in [0, 0.1) is 5.92 Å². The minimum Gasteiger partial charge on any atom is -0.387 e. The van der Waals surface area contributed by atoms with Gasteiger partial charge in [-0.2, -0.15) is 12.6 Å². The molecule has 12 nitrogen and oxygen atoms in total. The van der Waals surface area contributed by atoms with E-state index in [1.807, 2.05) is 36.5 Å². The van der Waals surface area contributed by atoms with Crippen molar-refractivity contribution >= 4 is 41.7 Å². The zero-order valence-corrected chi connectivity index (χ0v) is 29.9. The molecule has 0 radical (unpaired) electrons. The number of rotatable bonds is 22. The maximum Gasteiger partial charge on any atom is 0.289 e. The third-order valence-corrected chi connectivity index (χ3v) is 8.76. The summed E-state index contributed by atoms with van der Waals surface area (Å²) in [7, 11) is 1.77. The predicted molar refractivity (Wildman–Crippen MR) is 194 cm³/mol. The monoisotopic (exact) mass is 695 g/mol. The second-order valence-corrected chi connectivity index (χ2v) is 13.0. The number of carbonyl (C=O) groups is 4. The van der Waals surface area contributed by atoms with Gasteiger partial charge < -0.3 is 36.2 Å². The number of thiol groups is 1. The average Bonchev–Trinajstić information content (AvgIpc) is 3.11. The molecule has 2 heterocycles. The molecule has 0 saturated heterocycles. The van der Waals surface area contributed by atoms with Gasteiger partial charge in [0.05, 0.1) is 25.8 Å². The van der Waals surface area contributed by atoms with Crippen LogP contribution in [-0.4, -0.2) is 103 Å². The molecule has 5 N–H and O–H groups in total. The van der Waals surface area contributed by atoms with Crippen molar-refractivity contribution in [3.05, 3.63) is 71.7 Å². The Bertz CT molecular complexity index is 1390. The smallest absolute Gasteiger partial charge is 0.289 e. The van der Waals surface area contributed by atoms with Crippen molar-refractivity contribution < 1.29 is 23.9 Å². The molecule has 2 aromatic rings. The van der Waals surface area contributed by atoms with E-state index in [1.54, 1.807) is 24.3 Å². The molecule has 2 unspecified atom stereocenters. The number of aromatic nitrogens is 1. The third kappa shape index (κ3) is 13.2. The van der Waals surface area contributed by atoms with E-state index >= 15 is 0 Å². The quantitative estimate of drug-likeness (QED) is 0.0707. The normalized spacial score (nSPS) is 13.5. The number of Topliss-reactive ketones (excluding diaryl/α,β-unsaturated/α-hetero) is 1. The van der Waals surface area contributed by atoms with Gasteiger partial charge in [0.2, 0.25) is 17.6 Å². The Balaban J connectivity index is 1.52. The highest BCUT2D eigenvalue weighted by molar-refractivity contribution is 7.80. The molecule has 0 bridgehead atoms. The van der Waals surface area contributed by atoms with Gasteiger partial charge in [-0.25, -0.2) is 0 Å². The molecule has 1 aliphatic rings. The van der Waals surface area contributed by atoms with Crippen molar-refractivity contribution in [3.63, 3.8) is 0 Å². The number of ether oxygens (including phenoxy) is 1. The summed E-state index contributed by atoms with van der Waals surface area (Å²) in [5.41, 5.74) is 10.1. The third-order valence-electron chi connectivity index (χ3n) is 8.58. The standard InChI is InChI=1S/C36H53N7O5S/c1-26(2)32(18-30(19-37)48-16-17-49)42(3)34(45)11-7-14-41-36(47)33(44)25-43(35(46)24-39-21-27-8-6-13-38-20-27)15-12-29-23-40-22-28-9-4-5-10-31(28)29/h4-6,8-10,13,20,23,26,30,32,39-40,49H,7,11-12,14-19,21-22,24-25,37H2,1-3H3,(H,41,47). The lowest BCUT2D eigenvalue weighted by Crippen LogP contribution is -2.45. The van der Waals surface area contributed by atoms with E-state index in [4.69, 9.17) is 10.5 Å². The highest BCUT2D eigenvalue weighted by Crippen LogP contribution is 2.25. The second-order valence-electron chi connectivity index (χ2n) is 12.5. The van der Waals surface area contributed by atoms with E-state index in [2.05, 4.69) is 53.5 Å². The van der Waals surface area contributed by atoms with Crippen LogP contribution in [0.2, 0.25) is 0 Å². The number of ketones is 1. The van der Waals surface area contributed by atoms with Crippen molar-refractivity contribution in [3.8, 4) is 0 Å². The van der Waals surface area contributed by atoms with E-state index in [0.29, 0.717) is 44.7 Å². The Kier molecular flexibility index (Phi) is 17.3. The van der Waals surface area contributed by atoms with Gasteiger partial charge in [-0.1, -0.05) is 44.2 Å². The minimum atomic E-state index is -0.780. The SMILES string of the molecule is CC(C)C(CC(CN)OCCS)N(C)C(=O)CCCNC(=O)C(=O)CN(CCC1=CNCc2ccccc21)C(=O)CNCc1cccnc1. The number of benzene rings is 1. The van der Waals surface area contributed by atoms with Gasteiger partial charge in [0, 0.05) is 76.6 Å². The molecule has 2 atom stereocenters. The van der Waals surface area contributed by atoms with Crippen molar-refractivity contribution in [1.82, 2.24) is 30.7 Å². The maximum absolute atomic E-state index is 13.3. The van der Waals surface area contributed by atoms with E-state index in [0.717, 1.165) is 28.8 Å². The lowest BCUT2D eigenvalue weighted by Gasteiger charge is -2.34. The second kappa shape index (κ2) is 21.3. The summed E-state index contributed by atoms with van der Waals surface area (Å²) in [6.07, 6.45) is 6.86. The number of nitrogens with one attached hydrogen (secondary N) is 3. The molecule has 3 rings (SSSR count). The van der Waals surface area contributed by atoms with Crippen molar-refractivity contribution in [1.29, 1.82) is 0 Å². The van der Waals surface area contributed by atoms with Gasteiger partial charge in [0.25, 0.3) is 5.91 Å². The highest BCUT2D eigenvalue weighted by Gasteiger charge is 2.27. The fraction of sp³-hybridized carbons (Fsp3) is 0.528. The molecule has 0 aliphatic carbocycles. The maximum atomic E-state index is 13.3. The zero-order valence-electron chi connectivity index (χ0n) is 29.0. The number of pyridine rings is 1. The van der Waals surface area contributed by atoms with Crippen LogP contribution >= 0.6 is 12.6 Å². The molecule has 0 saturated carbocycles. The summed E-state index contributed by atoms with van der Waals surface area (Å²) in [5.74, 6) is -1.06. The van der Waals surface area contributed by atoms with Crippen LogP contribution in [0.1, 0.15) is 56.2 Å². The van der Waals surface area contributed by atoms with Crippen LogP contribution in [0.5, 0.6) is 0 Å². The Morgan fingerprint density at radius 2 is 1.92 bits per heavy atom. The summed E-state index contributed by atoms with van der Waals surface area (Å²) in [6, 6.07) is 11.7. The Labute approximate surface area is 296 Å². The van der Waals surface area contributed by atoms with Crippen molar-refractivity contribution in [2.75, 3.05) is 52.1 Å². The zero-order chi connectivity index (χ0) is 35.6. The molecule has 0 fully saturated rings. The fourth-order valence-electron chi connectivity index (χ4n) is 5.78. The molecular formula is C36H53N7O5S. The number of hydrogen-bond acceptors (Lipinski definition) is 10. The molecule has 1 aromatic carbocycles. The molecule has 1 aromatic heterocycles. The molecule has 3 amide bonds. The Hall–Kier alpha value is -3.78. The molecule has 0 spiro atoms. The largest absolute Gasteiger partial charge is 0.387 e. The molecule has 1 aliphatic heterocycles. The molecule has 13 heteroatoms. The van der Waals surface area contributed by atoms with Gasteiger partial charge in [-0.05, 0) is 53.5 Å². The number of fused-ring (bicyclic) bond motifs is 1. The Morgan fingerprint density at radius 3 is 2.63 bits per heavy atom. The Morgan fingerprint density at radius 1 is 1.12 bits per heavy atom. The summed E-state index contributed by atoms with van der Waals surface area (Å²) in [4.78, 5) is 59.5. The number of carbonyl (C=O) groups excluding carboxylic acids is 4. The van der Waals surface area contributed by atoms with Gasteiger partial charge in [0.15, 0.2) is 0 Å². The van der Waals surface area contributed by atoms with Crippen LogP contribution in [0.15, 0.2) is 55.0 Å². The van der Waals surface area contributed by atoms with Crippen LogP contribution in [0.3, 0.4) is 0 Å². The number of nitrogens with two attached hydrogens (primary N) is 1. The van der Waals surface area contributed by atoms with Crippen LogP contribution < -0.4 is 21.7 Å². The van der Waals surface area contributed by atoms with E-state index in [9.17, 15) is 19.2 Å². The van der Waals surface area contributed by atoms with Crippen molar-refractivity contribution in [2.45, 2.75) is 64.8 Å². The van der Waals surface area contributed by atoms with Gasteiger partial charge in [-0.15, -0.1) is 0 Å². The number of hydrogen-bond donors (Lipinski definition) is 5. The summed E-state index contributed by atoms with van der Waals surface area (Å²) >= 11 is 4.19. The van der Waals surface area contributed by atoms with Gasteiger partial charge >= 0.3 is 0 Å².